The Hall–Kier alpha value is -1.54. The molecule has 1 aromatic carbocycles. The van der Waals surface area contributed by atoms with Gasteiger partial charge in [-0.1, -0.05) is 30.9 Å². The Labute approximate surface area is 137 Å². The number of aryl methyl sites for hydroxylation is 1. The zero-order valence-electron chi connectivity index (χ0n) is 13.3. The molecule has 2 aromatic rings. The van der Waals surface area contributed by atoms with Crippen molar-refractivity contribution in [2.75, 3.05) is 0 Å². The molecule has 1 aliphatic rings. The van der Waals surface area contributed by atoms with E-state index in [0.29, 0.717) is 6.04 Å². The topological polar surface area (TPSA) is 17.3 Å². The highest BCUT2D eigenvalue weighted by Crippen LogP contribution is 2.32. The molecule has 0 unspecified atom stereocenters. The molecule has 2 nitrogen and oxygen atoms in total. The minimum absolute atomic E-state index is 0.673. The molecule has 0 radical (unpaired) electrons. The van der Waals surface area contributed by atoms with E-state index in [2.05, 4.69) is 29.5 Å². The van der Waals surface area contributed by atoms with Crippen molar-refractivity contribution in [1.82, 2.24) is 4.57 Å². The van der Waals surface area contributed by atoms with Gasteiger partial charge in [-0.3, -0.25) is 4.99 Å². The summed E-state index contributed by atoms with van der Waals surface area (Å²) < 4.78 is 2.52. The maximum Gasteiger partial charge on any atom is 0.0630 e. The fourth-order valence-corrected chi connectivity index (χ4v) is 3.63. The zero-order valence-corrected chi connectivity index (χ0v) is 14.1. The summed E-state index contributed by atoms with van der Waals surface area (Å²) in [7, 11) is 0. The standard InChI is InChI=1S/C19H23ClN2/c1-14-12-16(13-21-18-10-8-17(20)9-11-18)15(2)22(14)19-6-4-3-5-7-19/h8-13,19H,3-7H2,1-2H3. The minimum Gasteiger partial charge on any atom is -0.345 e. The molecule has 1 fully saturated rings. The number of aliphatic imine (C=N–C) groups is 1. The van der Waals surface area contributed by atoms with E-state index in [9.17, 15) is 0 Å². The summed E-state index contributed by atoms with van der Waals surface area (Å²) in [5.74, 6) is 0. The maximum atomic E-state index is 5.91. The molecule has 0 N–H and O–H groups in total. The first kappa shape index (κ1) is 15.4. The first-order chi connectivity index (χ1) is 10.6. The van der Waals surface area contributed by atoms with Crippen molar-refractivity contribution in [3.8, 4) is 0 Å². The number of hydrogen-bond acceptors (Lipinski definition) is 1. The van der Waals surface area contributed by atoms with Gasteiger partial charge >= 0.3 is 0 Å². The van der Waals surface area contributed by atoms with Crippen molar-refractivity contribution in [2.24, 2.45) is 4.99 Å². The minimum atomic E-state index is 0.673. The van der Waals surface area contributed by atoms with E-state index in [1.165, 1.54) is 49.1 Å². The molecule has 0 spiro atoms. The quantitative estimate of drug-likeness (QED) is 0.617. The zero-order chi connectivity index (χ0) is 15.5. The Morgan fingerprint density at radius 3 is 2.45 bits per heavy atom. The normalized spacial score (nSPS) is 16.5. The van der Waals surface area contributed by atoms with Crippen LogP contribution in [0.4, 0.5) is 5.69 Å². The summed E-state index contributed by atoms with van der Waals surface area (Å²) in [6.07, 6.45) is 8.70. The largest absolute Gasteiger partial charge is 0.345 e. The number of halogens is 1. The van der Waals surface area contributed by atoms with E-state index in [1.54, 1.807) is 0 Å². The molecule has 3 heteroatoms. The Morgan fingerprint density at radius 2 is 1.77 bits per heavy atom. The van der Waals surface area contributed by atoms with Gasteiger partial charge in [-0.15, -0.1) is 0 Å². The average Bonchev–Trinajstić information content (AvgIpc) is 2.82. The Kier molecular flexibility index (Phi) is 4.68. The first-order valence-electron chi connectivity index (χ1n) is 8.13. The van der Waals surface area contributed by atoms with Crippen LogP contribution in [-0.2, 0) is 0 Å². The second-order valence-corrected chi connectivity index (χ2v) is 6.66. The van der Waals surface area contributed by atoms with Gasteiger partial charge < -0.3 is 4.57 Å². The van der Waals surface area contributed by atoms with Crippen LogP contribution in [0.5, 0.6) is 0 Å². The van der Waals surface area contributed by atoms with E-state index in [-0.39, 0.29) is 0 Å². The lowest BCUT2D eigenvalue weighted by Gasteiger charge is -2.26. The summed E-state index contributed by atoms with van der Waals surface area (Å²) in [5, 5.41) is 0.745. The van der Waals surface area contributed by atoms with Crippen LogP contribution in [0, 0.1) is 13.8 Å². The van der Waals surface area contributed by atoms with Crippen molar-refractivity contribution in [2.45, 2.75) is 52.0 Å². The fraction of sp³-hybridized carbons (Fsp3) is 0.421. The lowest BCUT2D eigenvalue weighted by molar-refractivity contribution is 0.346. The second kappa shape index (κ2) is 6.70. The molecule has 1 saturated carbocycles. The van der Waals surface area contributed by atoms with Gasteiger partial charge in [0.05, 0.1) is 5.69 Å². The van der Waals surface area contributed by atoms with E-state index in [0.717, 1.165) is 10.7 Å². The smallest absolute Gasteiger partial charge is 0.0630 e. The molecular weight excluding hydrogens is 292 g/mol. The second-order valence-electron chi connectivity index (χ2n) is 6.22. The third-order valence-corrected chi connectivity index (χ3v) is 4.89. The molecule has 1 aliphatic carbocycles. The Bertz CT molecular complexity index is 661. The number of aromatic nitrogens is 1. The monoisotopic (exact) mass is 314 g/mol. The molecule has 0 amide bonds. The van der Waals surface area contributed by atoms with Crippen LogP contribution >= 0.6 is 11.6 Å². The highest BCUT2D eigenvalue weighted by atomic mass is 35.5. The van der Waals surface area contributed by atoms with E-state index in [1.807, 2.05) is 30.5 Å². The molecule has 22 heavy (non-hydrogen) atoms. The van der Waals surface area contributed by atoms with Crippen molar-refractivity contribution < 1.29 is 0 Å². The summed E-state index contributed by atoms with van der Waals surface area (Å²) in [5.41, 5.74) is 4.84. The number of hydrogen-bond donors (Lipinski definition) is 0. The van der Waals surface area contributed by atoms with Gasteiger partial charge in [-0.2, -0.15) is 0 Å². The van der Waals surface area contributed by atoms with Crippen molar-refractivity contribution in [3.63, 3.8) is 0 Å². The summed E-state index contributed by atoms with van der Waals surface area (Å²) in [6, 6.07) is 10.6. The molecule has 3 rings (SSSR count). The molecule has 0 aliphatic heterocycles. The van der Waals surface area contributed by atoms with Gasteiger partial charge in [-0.25, -0.2) is 0 Å². The van der Waals surface area contributed by atoms with Gasteiger partial charge in [0.2, 0.25) is 0 Å². The highest BCUT2D eigenvalue weighted by Gasteiger charge is 2.19. The van der Waals surface area contributed by atoms with Crippen LogP contribution in [0.25, 0.3) is 0 Å². The SMILES string of the molecule is Cc1cc(C=Nc2ccc(Cl)cc2)c(C)n1C1CCCCC1. The van der Waals surface area contributed by atoms with E-state index in [4.69, 9.17) is 11.6 Å². The lowest BCUT2D eigenvalue weighted by Crippen LogP contribution is -2.15. The van der Waals surface area contributed by atoms with Gasteiger partial charge in [0.15, 0.2) is 0 Å². The molecule has 116 valence electrons. The van der Waals surface area contributed by atoms with Gasteiger partial charge in [0.1, 0.15) is 0 Å². The summed E-state index contributed by atoms with van der Waals surface area (Å²) in [4.78, 5) is 4.58. The van der Waals surface area contributed by atoms with Crippen molar-refractivity contribution in [1.29, 1.82) is 0 Å². The van der Waals surface area contributed by atoms with Crippen LogP contribution in [-0.4, -0.2) is 10.8 Å². The van der Waals surface area contributed by atoms with Crippen LogP contribution < -0.4 is 0 Å². The predicted octanol–water partition coefficient (Wildman–Crippen LogP) is 6.01. The summed E-state index contributed by atoms with van der Waals surface area (Å²) in [6.45, 7) is 4.42. The maximum absolute atomic E-state index is 5.91. The van der Waals surface area contributed by atoms with Crippen LogP contribution in [0.1, 0.15) is 55.1 Å². The lowest BCUT2D eigenvalue weighted by atomic mass is 9.95. The Morgan fingerprint density at radius 1 is 1.09 bits per heavy atom. The average molecular weight is 315 g/mol. The molecule has 0 saturated heterocycles. The number of nitrogens with zero attached hydrogens (tertiary/aromatic N) is 2. The third kappa shape index (κ3) is 3.27. The van der Waals surface area contributed by atoms with Gasteiger partial charge in [0, 0.05) is 34.2 Å². The fourth-order valence-electron chi connectivity index (χ4n) is 3.51. The molecule has 1 aromatic heterocycles. The molecule has 0 atom stereocenters. The predicted molar refractivity (Wildman–Crippen MR) is 94.7 cm³/mol. The first-order valence-corrected chi connectivity index (χ1v) is 8.51. The van der Waals surface area contributed by atoms with Crippen LogP contribution in [0.2, 0.25) is 5.02 Å². The summed E-state index contributed by atoms with van der Waals surface area (Å²) >= 11 is 5.91. The number of rotatable bonds is 3. The Balaban J connectivity index is 1.84. The number of benzene rings is 1. The van der Waals surface area contributed by atoms with Crippen molar-refractivity contribution in [3.05, 3.63) is 52.3 Å². The molecule has 0 bridgehead atoms. The van der Waals surface area contributed by atoms with Gasteiger partial charge in [0.25, 0.3) is 0 Å². The van der Waals surface area contributed by atoms with Crippen LogP contribution in [0.15, 0.2) is 35.3 Å². The van der Waals surface area contributed by atoms with E-state index < -0.39 is 0 Å². The third-order valence-electron chi connectivity index (χ3n) is 4.64. The van der Waals surface area contributed by atoms with Crippen LogP contribution in [0.3, 0.4) is 0 Å². The van der Waals surface area contributed by atoms with Crippen molar-refractivity contribution >= 4 is 23.5 Å². The van der Waals surface area contributed by atoms with E-state index >= 15 is 0 Å². The molecule has 1 heterocycles. The highest BCUT2D eigenvalue weighted by molar-refractivity contribution is 6.30. The van der Waals surface area contributed by atoms with Gasteiger partial charge in [-0.05, 0) is 57.0 Å². The molecular formula is C19H23ClN2.